The number of hydrogen-bond donors (Lipinski definition) is 1. The van der Waals surface area contributed by atoms with Crippen LogP contribution in [0.5, 0.6) is 0 Å². The Hall–Kier alpha value is -0.250. The van der Waals surface area contributed by atoms with Crippen LogP contribution in [0.25, 0.3) is 0 Å². The van der Waals surface area contributed by atoms with Gasteiger partial charge in [-0.05, 0) is 18.6 Å². The minimum absolute atomic E-state index is 0.452. The minimum Gasteiger partial charge on any atom is -0.329 e. The Morgan fingerprint density at radius 3 is 2.85 bits per heavy atom. The van der Waals surface area contributed by atoms with Crippen molar-refractivity contribution in [3.05, 3.63) is 23.4 Å². The molecule has 1 rings (SSSR count). The summed E-state index contributed by atoms with van der Waals surface area (Å²) in [6.45, 7) is 2.81. The van der Waals surface area contributed by atoms with Gasteiger partial charge in [-0.3, -0.25) is 0 Å². The van der Waals surface area contributed by atoms with Gasteiger partial charge in [-0.25, -0.2) is 4.98 Å². The molecule has 1 aromatic heterocycles. The molecule has 2 N–H and O–H groups in total. The van der Waals surface area contributed by atoms with Crippen LogP contribution >= 0.6 is 23.4 Å². The fourth-order valence-corrected chi connectivity index (χ4v) is 1.88. The lowest BCUT2D eigenvalue weighted by atomic mass is 10.3. The van der Waals surface area contributed by atoms with E-state index in [1.807, 2.05) is 12.1 Å². The third-order valence-corrected chi connectivity index (χ3v) is 3.27. The molecule has 0 aromatic carbocycles. The van der Waals surface area contributed by atoms with E-state index in [-0.39, 0.29) is 0 Å². The molecule has 72 valence electrons. The SMILES string of the molecule is CCC(CN)Sc1ccc(Cl)cn1. The Morgan fingerprint density at radius 2 is 2.38 bits per heavy atom. The first-order valence-corrected chi connectivity index (χ1v) is 5.50. The number of hydrogen-bond acceptors (Lipinski definition) is 3. The zero-order chi connectivity index (χ0) is 9.68. The summed E-state index contributed by atoms with van der Waals surface area (Å²) in [5.74, 6) is 0. The lowest BCUT2D eigenvalue weighted by Gasteiger charge is -2.10. The maximum atomic E-state index is 5.72. The maximum Gasteiger partial charge on any atom is 0.0964 e. The summed E-state index contributed by atoms with van der Waals surface area (Å²) in [5, 5.41) is 2.11. The monoisotopic (exact) mass is 216 g/mol. The van der Waals surface area contributed by atoms with E-state index in [0.29, 0.717) is 16.8 Å². The van der Waals surface area contributed by atoms with Gasteiger partial charge in [0.05, 0.1) is 10.0 Å². The van der Waals surface area contributed by atoms with Crippen molar-refractivity contribution >= 4 is 23.4 Å². The molecule has 2 nitrogen and oxygen atoms in total. The number of pyridine rings is 1. The second kappa shape index (κ2) is 5.47. The highest BCUT2D eigenvalue weighted by molar-refractivity contribution is 7.99. The van der Waals surface area contributed by atoms with E-state index in [9.17, 15) is 0 Å². The van der Waals surface area contributed by atoms with Gasteiger partial charge in [-0.1, -0.05) is 18.5 Å². The molecule has 0 saturated heterocycles. The molecular weight excluding hydrogens is 204 g/mol. The Kier molecular flexibility index (Phi) is 4.56. The van der Waals surface area contributed by atoms with Crippen LogP contribution in [0.4, 0.5) is 0 Å². The van der Waals surface area contributed by atoms with Gasteiger partial charge < -0.3 is 5.73 Å². The molecular formula is C9H13ClN2S. The van der Waals surface area contributed by atoms with Crippen molar-refractivity contribution in [3.63, 3.8) is 0 Å². The van der Waals surface area contributed by atoms with Gasteiger partial charge in [-0.15, -0.1) is 11.8 Å². The predicted octanol–water partition coefficient (Wildman–Crippen LogP) is 2.56. The van der Waals surface area contributed by atoms with Crippen LogP contribution in [0.2, 0.25) is 5.02 Å². The quantitative estimate of drug-likeness (QED) is 0.787. The fraction of sp³-hybridized carbons (Fsp3) is 0.444. The molecule has 0 radical (unpaired) electrons. The first-order chi connectivity index (χ1) is 6.26. The van der Waals surface area contributed by atoms with Crippen molar-refractivity contribution in [1.82, 2.24) is 4.98 Å². The van der Waals surface area contributed by atoms with Gasteiger partial charge in [0.25, 0.3) is 0 Å². The number of aromatic nitrogens is 1. The van der Waals surface area contributed by atoms with E-state index in [4.69, 9.17) is 17.3 Å². The zero-order valence-corrected chi connectivity index (χ0v) is 9.11. The van der Waals surface area contributed by atoms with Crippen LogP contribution in [0.1, 0.15) is 13.3 Å². The maximum absolute atomic E-state index is 5.72. The largest absolute Gasteiger partial charge is 0.329 e. The average Bonchev–Trinajstić information content (AvgIpc) is 2.17. The van der Waals surface area contributed by atoms with Crippen molar-refractivity contribution in [2.45, 2.75) is 23.6 Å². The van der Waals surface area contributed by atoms with E-state index in [1.165, 1.54) is 0 Å². The fourth-order valence-electron chi connectivity index (χ4n) is 0.901. The highest BCUT2D eigenvalue weighted by Crippen LogP contribution is 2.23. The van der Waals surface area contributed by atoms with E-state index in [2.05, 4.69) is 11.9 Å². The van der Waals surface area contributed by atoms with E-state index < -0.39 is 0 Å². The molecule has 1 atom stereocenters. The van der Waals surface area contributed by atoms with E-state index in [0.717, 1.165) is 11.4 Å². The standard InChI is InChI=1S/C9H13ClN2S/c1-2-8(5-11)13-9-4-3-7(10)6-12-9/h3-4,6,8H,2,5,11H2,1H3. The molecule has 4 heteroatoms. The van der Waals surface area contributed by atoms with Crippen molar-refractivity contribution in [1.29, 1.82) is 0 Å². The number of nitrogens with two attached hydrogens (primary N) is 1. The molecule has 0 aliphatic heterocycles. The molecule has 0 saturated carbocycles. The summed E-state index contributed by atoms with van der Waals surface area (Å²) in [5.41, 5.74) is 5.59. The van der Waals surface area contributed by atoms with Crippen LogP contribution < -0.4 is 5.73 Å². The third-order valence-electron chi connectivity index (χ3n) is 1.71. The average molecular weight is 217 g/mol. The number of nitrogens with zero attached hydrogens (tertiary/aromatic N) is 1. The summed E-state index contributed by atoms with van der Waals surface area (Å²) in [6, 6.07) is 3.77. The Bertz CT molecular complexity index is 246. The molecule has 1 unspecified atom stereocenters. The van der Waals surface area contributed by atoms with Gasteiger partial charge in [0.2, 0.25) is 0 Å². The van der Waals surface area contributed by atoms with Crippen LogP contribution in [-0.2, 0) is 0 Å². The molecule has 0 spiro atoms. The summed E-state index contributed by atoms with van der Waals surface area (Å²) in [7, 11) is 0. The van der Waals surface area contributed by atoms with E-state index >= 15 is 0 Å². The molecule has 0 amide bonds. The number of thioether (sulfide) groups is 1. The van der Waals surface area contributed by atoms with E-state index in [1.54, 1.807) is 18.0 Å². The highest BCUT2D eigenvalue weighted by atomic mass is 35.5. The third kappa shape index (κ3) is 3.55. The molecule has 1 heterocycles. The van der Waals surface area contributed by atoms with Gasteiger partial charge >= 0.3 is 0 Å². The molecule has 0 aliphatic rings. The lowest BCUT2D eigenvalue weighted by Crippen LogP contribution is -2.15. The second-order valence-corrected chi connectivity index (χ2v) is 4.46. The van der Waals surface area contributed by atoms with Crippen molar-refractivity contribution < 1.29 is 0 Å². The van der Waals surface area contributed by atoms with Crippen molar-refractivity contribution in [3.8, 4) is 0 Å². The number of halogens is 1. The van der Waals surface area contributed by atoms with Crippen molar-refractivity contribution in [2.75, 3.05) is 6.54 Å². The summed E-state index contributed by atoms with van der Waals surface area (Å²) < 4.78 is 0. The minimum atomic E-state index is 0.452. The van der Waals surface area contributed by atoms with Gasteiger partial charge in [0.15, 0.2) is 0 Å². The van der Waals surface area contributed by atoms with Crippen LogP contribution in [0, 0.1) is 0 Å². The second-order valence-electron chi connectivity index (χ2n) is 2.70. The highest BCUT2D eigenvalue weighted by Gasteiger charge is 2.06. The first-order valence-electron chi connectivity index (χ1n) is 4.24. The molecule has 0 aliphatic carbocycles. The Morgan fingerprint density at radius 1 is 1.62 bits per heavy atom. The molecule has 0 fully saturated rings. The lowest BCUT2D eigenvalue weighted by molar-refractivity contribution is 0.824. The molecule has 13 heavy (non-hydrogen) atoms. The smallest absolute Gasteiger partial charge is 0.0964 e. The molecule has 1 aromatic rings. The summed E-state index contributed by atoms with van der Waals surface area (Å²) in [6.07, 6.45) is 2.72. The van der Waals surface area contributed by atoms with Crippen molar-refractivity contribution in [2.24, 2.45) is 5.73 Å². The Balaban J connectivity index is 2.58. The van der Waals surface area contributed by atoms with Gasteiger partial charge in [0, 0.05) is 18.0 Å². The first kappa shape index (κ1) is 10.8. The van der Waals surface area contributed by atoms with Gasteiger partial charge in [-0.2, -0.15) is 0 Å². The topological polar surface area (TPSA) is 38.9 Å². The van der Waals surface area contributed by atoms with Crippen LogP contribution in [-0.4, -0.2) is 16.8 Å². The summed E-state index contributed by atoms with van der Waals surface area (Å²) >= 11 is 7.42. The zero-order valence-electron chi connectivity index (χ0n) is 7.53. The number of rotatable bonds is 4. The molecule has 0 bridgehead atoms. The van der Waals surface area contributed by atoms with Crippen LogP contribution in [0.15, 0.2) is 23.4 Å². The normalized spacial score (nSPS) is 12.8. The van der Waals surface area contributed by atoms with Crippen LogP contribution in [0.3, 0.4) is 0 Å². The summed E-state index contributed by atoms with van der Waals surface area (Å²) in [4.78, 5) is 4.19. The predicted molar refractivity (Wildman–Crippen MR) is 58.2 cm³/mol. The van der Waals surface area contributed by atoms with Gasteiger partial charge in [0.1, 0.15) is 0 Å². The Labute approximate surface area is 87.9 Å².